The molecule has 0 radical (unpaired) electrons. The van der Waals surface area contributed by atoms with E-state index in [-0.39, 0.29) is 19.6 Å². The Morgan fingerprint density at radius 2 is 1.81 bits per heavy atom. The van der Waals surface area contributed by atoms with Gasteiger partial charge >= 0.3 is 19.5 Å². The summed E-state index contributed by atoms with van der Waals surface area (Å²) in [6.07, 6.45) is 0.311. The highest BCUT2D eigenvalue weighted by molar-refractivity contribution is 7.52. The molecule has 0 rings (SSSR count). The van der Waals surface area contributed by atoms with Crippen LogP contribution in [0, 0.1) is 0 Å². The molecular formula is C8H13O7P. The van der Waals surface area contributed by atoms with Crippen molar-refractivity contribution in [3.05, 3.63) is 12.7 Å². The Morgan fingerprint density at radius 1 is 1.25 bits per heavy atom. The Hall–Kier alpha value is -1.17. The van der Waals surface area contributed by atoms with E-state index in [1.54, 1.807) is 0 Å². The van der Waals surface area contributed by atoms with Gasteiger partial charge in [-0.2, -0.15) is 0 Å². The van der Waals surface area contributed by atoms with Gasteiger partial charge in [-0.05, 0) is 0 Å². The number of hydrogen-bond acceptors (Lipinski definition) is 5. The monoisotopic (exact) mass is 252 g/mol. The Kier molecular flexibility index (Phi) is 6.64. The zero-order valence-corrected chi connectivity index (χ0v) is 9.39. The molecule has 0 fully saturated rings. The van der Waals surface area contributed by atoms with Gasteiger partial charge in [0, 0.05) is 12.5 Å². The van der Waals surface area contributed by atoms with E-state index < -0.39 is 25.7 Å². The summed E-state index contributed by atoms with van der Waals surface area (Å²) >= 11 is 0. The SMILES string of the molecule is C=CC(=O)OCCCOC(=O)CP(=O)(O)O. The van der Waals surface area contributed by atoms with Gasteiger partial charge in [-0.3, -0.25) is 9.36 Å². The predicted molar refractivity (Wildman–Crippen MR) is 53.6 cm³/mol. The van der Waals surface area contributed by atoms with Crippen molar-refractivity contribution in [3.8, 4) is 0 Å². The van der Waals surface area contributed by atoms with Crippen LogP contribution in [-0.2, 0) is 23.6 Å². The highest BCUT2D eigenvalue weighted by Crippen LogP contribution is 2.33. The van der Waals surface area contributed by atoms with E-state index in [1.807, 2.05) is 0 Å². The van der Waals surface area contributed by atoms with Gasteiger partial charge in [-0.1, -0.05) is 6.58 Å². The maximum atomic E-state index is 10.8. The normalized spacial score (nSPS) is 10.6. The molecule has 0 aliphatic rings. The van der Waals surface area contributed by atoms with Crippen molar-refractivity contribution >= 4 is 19.5 Å². The van der Waals surface area contributed by atoms with Gasteiger partial charge in [0.05, 0.1) is 13.2 Å². The largest absolute Gasteiger partial charge is 0.465 e. The average Bonchev–Trinajstić information content (AvgIpc) is 2.14. The lowest BCUT2D eigenvalue weighted by Gasteiger charge is -2.05. The second-order valence-corrected chi connectivity index (χ2v) is 4.41. The van der Waals surface area contributed by atoms with E-state index >= 15 is 0 Å². The number of ether oxygens (including phenoxy) is 2. The first-order valence-corrected chi connectivity index (χ1v) is 6.14. The van der Waals surface area contributed by atoms with Crippen molar-refractivity contribution in [3.63, 3.8) is 0 Å². The van der Waals surface area contributed by atoms with Crippen LogP contribution in [-0.4, -0.2) is 41.1 Å². The summed E-state index contributed by atoms with van der Waals surface area (Å²) in [5.74, 6) is -1.56. The van der Waals surface area contributed by atoms with Gasteiger partial charge in [0.15, 0.2) is 0 Å². The molecule has 92 valence electrons. The molecule has 7 nitrogen and oxygen atoms in total. The summed E-state index contributed by atoms with van der Waals surface area (Å²) in [5, 5.41) is 0. The lowest BCUT2D eigenvalue weighted by Crippen LogP contribution is -2.12. The molecule has 0 aromatic heterocycles. The molecule has 0 spiro atoms. The van der Waals surface area contributed by atoms with E-state index in [2.05, 4.69) is 16.1 Å². The quantitative estimate of drug-likeness (QED) is 0.280. The smallest absolute Gasteiger partial charge is 0.336 e. The fourth-order valence-electron chi connectivity index (χ4n) is 0.690. The third-order valence-corrected chi connectivity index (χ3v) is 1.97. The van der Waals surface area contributed by atoms with Crippen LogP contribution in [0.3, 0.4) is 0 Å². The summed E-state index contributed by atoms with van der Waals surface area (Å²) in [4.78, 5) is 38.2. The summed E-state index contributed by atoms with van der Waals surface area (Å²) in [6.45, 7) is 3.16. The lowest BCUT2D eigenvalue weighted by molar-refractivity contribution is -0.142. The minimum atomic E-state index is -4.37. The fraction of sp³-hybridized carbons (Fsp3) is 0.500. The minimum absolute atomic E-state index is 0.0496. The first-order chi connectivity index (χ1) is 7.35. The van der Waals surface area contributed by atoms with E-state index in [9.17, 15) is 14.2 Å². The van der Waals surface area contributed by atoms with Crippen molar-refractivity contribution in [2.24, 2.45) is 0 Å². The minimum Gasteiger partial charge on any atom is -0.465 e. The van der Waals surface area contributed by atoms with Gasteiger partial charge < -0.3 is 19.3 Å². The highest BCUT2D eigenvalue weighted by atomic mass is 31.2. The van der Waals surface area contributed by atoms with Crippen LogP contribution < -0.4 is 0 Å². The molecule has 8 heteroatoms. The van der Waals surface area contributed by atoms with Crippen molar-refractivity contribution in [1.82, 2.24) is 0 Å². The van der Waals surface area contributed by atoms with Crippen LogP contribution in [0.15, 0.2) is 12.7 Å². The lowest BCUT2D eigenvalue weighted by atomic mass is 10.5. The predicted octanol–water partition coefficient (Wildman–Crippen LogP) is -0.173. The van der Waals surface area contributed by atoms with E-state index in [4.69, 9.17) is 9.79 Å². The van der Waals surface area contributed by atoms with Crippen LogP contribution in [0.5, 0.6) is 0 Å². The van der Waals surface area contributed by atoms with Crippen molar-refractivity contribution < 1.29 is 33.4 Å². The van der Waals surface area contributed by atoms with Gasteiger partial charge in [-0.15, -0.1) is 0 Å². The fourth-order valence-corrected chi connectivity index (χ4v) is 1.12. The van der Waals surface area contributed by atoms with Crippen LogP contribution in [0.25, 0.3) is 0 Å². The third-order valence-electron chi connectivity index (χ3n) is 1.30. The molecule has 0 saturated heterocycles. The molecule has 0 saturated carbocycles. The standard InChI is InChI=1S/C8H13O7P/c1-2-7(9)14-4-3-5-15-8(10)6-16(11,12)13/h2H,1,3-6H2,(H2,11,12,13). The molecule has 0 aliphatic carbocycles. The third kappa shape index (κ3) is 9.39. The Bertz CT molecular complexity index is 306. The molecule has 0 aromatic carbocycles. The van der Waals surface area contributed by atoms with Crippen LogP contribution in [0.2, 0.25) is 0 Å². The maximum absolute atomic E-state index is 10.8. The molecule has 0 aromatic rings. The molecule has 2 N–H and O–H groups in total. The highest BCUT2D eigenvalue weighted by Gasteiger charge is 2.19. The molecule has 0 atom stereocenters. The first-order valence-electron chi connectivity index (χ1n) is 4.34. The summed E-state index contributed by atoms with van der Waals surface area (Å²) in [7, 11) is -4.37. The second-order valence-electron chi connectivity index (χ2n) is 2.77. The van der Waals surface area contributed by atoms with Crippen molar-refractivity contribution in [1.29, 1.82) is 0 Å². The summed E-state index contributed by atoms with van der Waals surface area (Å²) in [6, 6.07) is 0. The Labute approximate surface area is 92.2 Å². The molecule has 0 amide bonds. The van der Waals surface area contributed by atoms with E-state index in [0.29, 0.717) is 0 Å². The number of esters is 2. The Balaban J connectivity index is 3.52. The number of rotatable bonds is 7. The molecule has 16 heavy (non-hydrogen) atoms. The second kappa shape index (κ2) is 7.16. The number of carbonyl (C=O) groups is 2. The molecular weight excluding hydrogens is 239 g/mol. The average molecular weight is 252 g/mol. The molecule has 0 heterocycles. The summed E-state index contributed by atoms with van der Waals surface area (Å²) < 4.78 is 19.4. The molecule has 0 bridgehead atoms. The maximum Gasteiger partial charge on any atom is 0.336 e. The van der Waals surface area contributed by atoms with Crippen molar-refractivity contribution in [2.45, 2.75) is 6.42 Å². The van der Waals surface area contributed by atoms with Gasteiger partial charge in [-0.25, -0.2) is 4.79 Å². The van der Waals surface area contributed by atoms with Crippen LogP contribution >= 0.6 is 7.60 Å². The van der Waals surface area contributed by atoms with Crippen LogP contribution in [0.4, 0.5) is 0 Å². The van der Waals surface area contributed by atoms with E-state index in [1.165, 1.54) is 0 Å². The number of hydrogen-bond donors (Lipinski definition) is 2. The van der Waals surface area contributed by atoms with Gasteiger partial charge in [0.2, 0.25) is 0 Å². The number of carbonyl (C=O) groups excluding carboxylic acids is 2. The van der Waals surface area contributed by atoms with Crippen molar-refractivity contribution in [2.75, 3.05) is 19.4 Å². The van der Waals surface area contributed by atoms with Gasteiger partial charge in [0.25, 0.3) is 0 Å². The first kappa shape index (κ1) is 14.8. The van der Waals surface area contributed by atoms with Crippen LogP contribution in [0.1, 0.15) is 6.42 Å². The topological polar surface area (TPSA) is 110 Å². The van der Waals surface area contributed by atoms with E-state index in [0.717, 1.165) is 6.08 Å². The molecule has 0 aliphatic heterocycles. The zero-order chi connectivity index (χ0) is 12.6. The zero-order valence-electron chi connectivity index (χ0n) is 8.50. The molecule has 0 unspecified atom stereocenters. The Morgan fingerprint density at radius 3 is 2.31 bits per heavy atom. The van der Waals surface area contributed by atoms with Gasteiger partial charge in [0.1, 0.15) is 6.16 Å². The summed E-state index contributed by atoms with van der Waals surface area (Å²) in [5.41, 5.74) is 0.